The van der Waals surface area contributed by atoms with Crippen LogP contribution in [0, 0.1) is 6.92 Å². The van der Waals surface area contributed by atoms with Gasteiger partial charge in [-0.2, -0.15) is 0 Å². The van der Waals surface area contributed by atoms with E-state index in [0.717, 1.165) is 55.4 Å². The fraction of sp³-hybridized carbons (Fsp3) is 0.441. The molecule has 7 heteroatoms. The number of fused-ring (bicyclic) bond motifs is 1. The molecule has 2 aliphatic heterocycles. The van der Waals surface area contributed by atoms with Gasteiger partial charge in [-0.05, 0) is 75.4 Å². The first-order valence-corrected chi connectivity index (χ1v) is 14.9. The molecule has 1 fully saturated rings. The molecule has 2 aromatic carbocycles. The van der Waals surface area contributed by atoms with Gasteiger partial charge in [0.15, 0.2) is 0 Å². The Hall–Kier alpha value is -3.55. The largest absolute Gasteiger partial charge is 0.497 e. The first kappa shape index (κ1) is 35.5. The third-order valence-electron chi connectivity index (χ3n) is 6.38. The number of nitrogens with one attached hydrogen (secondary N) is 3. The Balaban J connectivity index is 0.000000366. The van der Waals surface area contributed by atoms with Gasteiger partial charge in [0.25, 0.3) is 5.91 Å². The number of piperazine rings is 1. The summed E-state index contributed by atoms with van der Waals surface area (Å²) in [6, 6.07) is 14.3. The van der Waals surface area contributed by atoms with Gasteiger partial charge in [0.1, 0.15) is 5.75 Å². The number of carbonyl (C=O) groups is 1. The summed E-state index contributed by atoms with van der Waals surface area (Å²) in [6.45, 7) is 21.3. The van der Waals surface area contributed by atoms with E-state index in [4.69, 9.17) is 4.74 Å². The predicted molar refractivity (Wildman–Crippen MR) is 179 cm³/mol. The van der Waals surface area contributed by atoms with E-state index in [-0.39, 0.29) is 5.91 Å². The molecule has 2 aromatic rings. The maximum atomic E-state index is 11.9. The molecule has 1 amide bonds. The molecule has 0 radical (unpaired) electrons. The van der Waals surface area contributed by atoms with Crippen LogP contribution in [0.25, 0.3) is 0 Å². The summed E-state index contributed by atoms with van der Waals surface area (Å²) in [4.78, 5) is 16.9. The first-order valence-electron chi connectivity index (χ1n) is 14.9. The lowest BCUT2D eigenvalue weighted by Gasteiger charge is -2.36. The second-order valence-electron chi connectivity index (χ2n) is 9.18. The first-order chi connectivity index (χ1) is 20.0. The maximum absolute atomic E-state index is 11.9. The average Bonchev–Trinajstić information content (AvgIpc) is 3.05. The molecule has 0 aliphatic carbocycles. The van der Waals surface area contributed by atoms with Gasteiger partial charge in [-0.3, -0.25) is 9.69 Å². The van der Waals surface area contributed by atoms with Gasteiger partial charge >= 0.3 is 0 Å². The SMILES string of the molecule is C=C1/C=C\C=C/CNc2ccc(C)cc2NC1=O.CC.CC.CNCCCN1CCN(c2ccc(OC)cc2)CC1. The molecule has 2 heterocycles. The zero-order chi connectivity index (χ0) is 30.5. The summed E-state index contributed by atoms with van der Waals surface area (Å²) in [5.41, 5.74) is 4.53. The highest BCUT2D eigenvalue weighted by Crippen LogP contribution is 2.24. The van der Waals surface area contributed by atoms with Crippen LogP contribution in [0.3, 0.4) is 0 Å². The van der Waals surface area contributed by atoms with Crippen molar-refractivity contribution in [2.75, 3.05) is 75.5 Å². The third kappa shape index (κ3) is 13.1. The summed E-state index contributed by atoms with van der Waals surface area (Å²) in [5, 5.41) is 9.33. The van der Waals surface area contributed by atoms with E-state index in [1.807, 2.05) is 90.2 Å². The zero-order valence-electron chi connectivity index (χ0n) is 26.4. The van der Waals surface area contributed by atoms with Crippen molar-refractivity contribution in [3.8, 4) is 5.75 Å². The standard InChI is InChI=1S/C15H25N3O.C15H16N2O.2C2H6/c1-16-8-3-9-17-10-12-18(13-11-17)14-4-6-15(19-2)7-5-14;1-11-7-8-13-14(10-11)17-15(18)12(2)6-4-3-5-9-16-13;2*1-2/h4-7,16H,3,8-13H2,1-2H3;3-8,10,16H,2,9H2,1H3,(H,17,18);2*1-2H3/b;5-3-,6-4-;;. The molecule has 1 saturated heterocycles. The summed E-state index contributed by atoms with van der Waals surface area (Å²) < 4.78 is 5.20. The number of hydrogen-bond donors (Lipinski definition) is 3. The Morgan fingerprint density at radius 2 is 1.63 bits per heavy atom. The molecule has 7 nitrogen and oxygen atoms in total. The van der Waals surface area contributed by atoms with Crippen molar-refractivity contribution in [2.45, 2.75) is 41.0 Å². The fourth-order valence-corrected chi connectivity index (χ4v) is 4.18. The fourth-order valence-electron chi connectivity index (χ4n) is 4.18. The number of carbonyl (C=O) groups excluding carboxylic acids is 1. The number of allylic oxidation sites excluding steroid dienone is 2. The Labute approximate surface area is 249 Å². The molecule has 0 bridgehead atoms. The van der Waals surface area contributed by atoms with Crippen LogP contribution in [0.2, 0.25) is 0 Å². The molecular formula is C34H53N5O2. The minimum atomic E-state index is -0.185. The molecule has 3 N–H and O–H groups in total. The van der Waals surface area contributed by atoms with Crippen molar-refractivity contribution in [1.29, 1.82) is 0 Å². The minimum absolute atomic E-state index is 0.185. The van der Waals surface area contributed by atoms with Gasteiger partial charge in [-0.25, -0.2) is 0 Å². The minimum Gasteiger partial charge on any atom is -0.497 e. The van der Waals surface area contributed by atoms with Crippen LogP contribution in [0.1, 0.15) is 39.7 Å². The van der Waals surface area contributed by atoms with Crippen LogP contribution in [0.4, 0.5) is 17.1 Å². The summed E-state index contributed by atoms with van der Waals surface area (Å²) in [5.74, 6) is 0.740. The van der Waals surface area contributed by atoms with Crippen molar-refractivity contribution < 1.29 is 9.53 Å². The zero-order valence-corrected chi connectivity index (χ0v) is 26.4. The van der Waals surface area contributed by atoms with E-state index in [1.54, 1.807) is 13.2 Å². The number of rotatable bonds is 6. The highest BCUT2D eigenvalue weighted by atomic mass is 16.5. The number of aryl methyl sites for hydroxylation is 1. The van der Waals surface area contributed by atoms with Crippen LogP contribution in [-0.2, 0) is 4.79 Å². The van der Waals surface area contributed by atoms with Crippen LogP contribution >= 0.6 is 0 Å². The van der Waals surface area contributed by atoms with E-state index >= 15 is 0 Å². The summed E-state index contributed by atoms with van der Waals surface area (Å²) in [7, 11) is 3.72. The van der Waals surface area contributed by atoms with E-state index in [1.165, 1.54) is 18.7 Å². The Bertz CT molecular complexity index is 1070. The quantitative estimate of drug-likeness (QED) is 0.275. The van der Waals surface area contributed by atoms with Crippen LogP contribution in [-0.4, -0.2) is 70.8 Å². The molecule has 0 unspecified atom stereocenters. The highest BCUT2D eigenvalue weighted by molar-refractivity contribution is 6.06. The maximum Gasteiger partial charge on any atom is 0.255 e. The van der Waals surface area contributed by atoms with Crippen LogP contribution in [0.5, 0.6) is 5.75 Å². The highest BCUT2D eigenvalue weighted by Gasteiger charge is 2.16. The molecule has 4 rings (SSSR count). The number of hydrogen-bond acceptors (Lipinski definition) is 6. The molecule has 0 spiro atoms. The molecule has 226 valence electrons. The van der Waals surface area contributed by atoms with E-state index < -0.39 is 0 Å². The lowest BCUT2D eigenvalue weighted by atomic mass is 10.1. The predicted octanol–water partition coefficient (Wildman–Crippen LogP) is 6.51. The molecule has 41 heavy (non-hydrogen) atoms. The Kier molecular flexibility index (Phi) is 18.4. The van der Waals surface area contributed by atoms with Gasteiger partial charge in [-0.15, -0.1) is 0 Å². The van der Waals surface area contributed by atoms with Gasteiger partial charge in [-0.1, -0.05) is 64.6 Å². The van der Waals surface area contributed by atoms with Crippen molar-refractivity contribution >= 4 is 23.0 Å². The second-order valence-corrected chi connectivity index (χ2v) is 9.18. The average molecular weight is 564 g/mol. The Morgan fingerprint density at radius 1 is 0.951 bits per heavy atom. The number of nitrogens with zero attached hydrogens (tertiary/aromatic N) is 2. The van der Waals surface area contributed by atoms with Crippen molar-refractivity contribution in [1.82, 2.24) is 10.2 Å². The summed E-state index contributed by atoms with van der Waals surface area (Å²) in [6.07, 6.45) is 8.63. The monoisotopic (exact) mass is 563 g/mol. The topological polar surface area (TPSA) is 68.9 Å². The number of amides is 1. The number of benzene rings is 2. The number of methoxy groups -OCH3 is 1. The third-order valence-corrected chi connectivity index (χ3v) is 6.38. The normalized spacial score (nSPS) is 16.3. The number of ether oxygens (including phenoxy) is 1. The van der Waals surface area contributed by atoms with Gasteiger partial charge in [0, 0.05) is 44.0 Å². The van der Waals surface area contributed by atoms with E-state index in [0.29, 0.717) is 12.1 Å². The molecule has 0 aromatic heterocycles. The lowest BCUT2D eigenvalue weighted by Crippen LogP contribution is -2.46. The van der Waals surface area contributed by atoms with Crippen LogP contribution in [0.15, 0.2) is 78.9 Å². The number of anilines is 3. The smallest absolute Gasteiger partial charge is 0.255 e. The van der Waals surface area contributed by atoms with Gasteiger partial charge in [0.05, 0.1) is 18.5 Å². The van der Waals surface area contributed by atoms with Crippen molar-refractivity contribution in [3.05, 3.63) is 84.5 Å². The van der Waals surface area contributed by atoms with Gasteiger partial charge in [0.2, 0.25) is 0 Å². The molecule has 2 aliphatic rings. The summed E-state index contributed by atoms with van der Waals surface area (Å²) >= 11 is 0. The second kappa shape index (κ2) is 21.2. The van der Waals surface area contributed by atoms with Crippen molar-refractivity contribution in [2.24, 2.45) is 0 Å². The van der Waals surface area contributed by atoms with Crippen LogP contribution < -0.4 is 25.6 Å². The Morgan fingerprint density at radius 3 is 2.27 bits per heavy atom. The van der Waals surface area contributed by atoms with Crippen molar-refractivity contribution in [3.63, 3.8) is 0 Å². The molecular weight excluding hydrogens is 510 g/mol. The molecule has 0 atom stereocenters. The van der Waals surface area contributed by atoms with Gasteiger partial charge < -0.3 is 25.6 Å². The van der Waals surface area contributed by atoms with E-state index in [2.05, 4.69) is 44.5 Å². The van der Waals surface area contributed by atoms with E-state index in [9.17, 15) is 4.79 Å². The lowest BCUT2D eigenvalue weighted by molar-refractivity contribution is -0.112. The molecule has 0 saturated carbocycles.